The van der Waals surface area contributed by atoms with Crippen molar-refractivity contribution in [3.05, 3.63) is 17.5 Å². The van der Waals surface area contributed by atoms with Gasteiger partial charge in [0.15, 0.2) is 0 Å². The van der Waals surface area contributed by atoms with Crippen LogP contribution in [0, 0.1) is 6.92 Å². The third kappa shape index (κ3) is 2.06. The minimum atomic E-state index is -0.657. The first-order valence-corrected chi connectivity index (χ1v) is 3.48. The molecule has 0 aliphatic carbocycles. The van der Waals surface area contributed by atoms with Crippen molar-refractivity contribution in [2.24, 2.45) is 0 Å². The van der Waals surface area contributed by atoms with Gasteiger partial charge in [0, 0.05) is 5.56 Å². The summed E-state index contributed by atoms with van der Waals surface area (Å²) in [7, 11) is 0. The topological polar surface area (TPSA) is 72.6 Å². The second-order valence-corrected chi connectivity index (χ2v) is 2.37. The Bertz CT molecular complexity index is 268. The van der Waals surface area contributed by atoms with Crippen LogP contribution >= 0.6 is 0 Å². The lowest BCUT2D eigenvalue weighted by Gasteiger charge is -1.94. The second-order valence-electron chi connectivity index (χ2n) is 2.37. The normalized spacial score (nSPS) is 9.83. The van der Waals surface area contributed by atoms with Crippen molar-refractivity contribution in [1.29, 1.82) is 0 Å². The van der Waals surface area contributed by atoms with Gasteiger partial charge in [0.05, 0.1) is 12.6 Å². The highest BCUT2D eigenvalue weighted by molar-refractivity contribution is 5.68. The fraction of sp³-hybridized carbons (Fsp3) is 0.429. The summed E-state index contributed by atoms with van der Waals surface area (Å²) in [5, 5.41) is 11.5. The monoisotopic (exact) mass is 171 g/mol. The first-order valence-electron chi connectivity index (χ1n) is 3.48. The Morgan fingerprint density at radius 3 is 3.08 bits per heavy atom. The van der Waals surface area contributed by atoms with Gasteiger partial charge in [-0.15, -0.1) is 0 Å². The number of aryl methyl sites for hydroxylation is 2. The SMILES string of the molecule is Cc1oncc1CCC(=O)OO. The number of aromatic nitrogens is 1. The van der Waals surface area contributed by atoms with Crippen LogP contribution in [0.25, 0.3) is 0 Å². The van der Waals surface area contributed by atoms with E-state index in [4.69, 9.17) is 9.78 Å². The molecule has 5 heteroatoms. The van der Waals surface area contributed by atoms with Crippen LogP contribution in [0.4, 0.5) is 0 Å². The maximum Gasteiger partial charge on any atom is 0.342 e. The van der Waals surface area contributed by atoms with Crippen LogP contribution in [-0.4, -0.2) is 16.4 Å². The molecule has 0 unspecified atom stereocenters. The van der Waals surface area contributed by atoms with Crippen molar-refractivity contribution < 1.29 is 19.5 Å². The van der Waals surface area contributed by atoms with E-state index >= 15 is 0 Å². The molecule has 0 spiro atoms. The quantitative estimate of drug-likeness (QED) is 0.541. The highest BCUT2D eigenvalue weighted by atomic mass is 17.1. The molecule has 12 heavy (non-hydrogen) atoms. The zero-order chi connectivity index (χ0) is 8.97. The minimum absolute atomic E-state index is 0.124. The largest absolute Gasteiger partial charge is 0.361 e. The molecule has 1 N–H and O–H groups in total. The Hall–Kier alpha value is -1.36. The van der Waals surface area contributed by atoms with E-state index in [1.165, 1.54) is 0 Å². The van der Waals surface area contributed by atoms with E-state index in [2.05, 4.69) is 10.0 Å². The second kappa shape index (κ2) is 3.87. The molecule has 0 bridgehead atoms. The average Bonchev–Trinajstić information content (AvgIpc) is 2.47. The highest BCUT2D eigenvalue weighted by Crippen LogP contribution is 2.08. The van der Waals surface area contributed by atoms with Crippen LogP contribution in [-0.2, 0) is 16.1 Å². The van der Waals surface area contributed by atoms with Gasteiger partial charge in [-0.3, -0.25) is 0 Å². The van der Waals surface area contributed by atoms with Gasteiger partial charge < -0.3 is 9.41 Å². The van der Waals surface area contributed by atoms with E-state index in [9.17, 15) is 4.79 Å². The summed E-state index contributed by atoms with van der Waals surface area (Å²) in [5.41, 5.74) is 0.848. The van der Waals surface area contributed by atoms with Crippen molar-refractivity contribution in [3.8, 4) is 0 Å². The molecule has 0 radical (unpaired) electrons. The summed E-state index contributed by atoms with van der Waals surface area (Å²) in [6.07, 6.45) is 2.13. The van der Waals surface area contributed by atoms with Gasteiger partial charge in [-0.2, -0.15) is 5.26 Å². The first-order chi connectivity index (χ1) is 5.74. The van der Waals surface area contributed by atoms with E-state index in [0.29, 0.717) is 12.2 Å². The number of hydrogen-bond donors (Lipinski definition) is 1. The number of hydrogen-bond acceptors (Lipinski definition) is 5. The van der Waals surface area contributed by atoms with Crippen LogP contribution in [0.3, 0.4) is 0 Å². The average molecular weight is 171 g/mol. The predicted molar refractivity (Wildman–Crippen MR) is 38.3 cm³/mol. The zero-order valence-electron chi connectivity index (χ0n) is 6.61. The Labute approximate surface area is 68.9 Å². The predicted octanol–water partition coefficient (Wildman–Crippen LogP) is 0.932. The summed E-state index contributed by atoms with van der Waals surface area (Å²) in [6, 6.07) is 0. The molecule has 1 aromatic heterocycles. The van der Waals surface area contributed by atoms with Crippen LogP contribution in [0.15, 0.2) is 10.7 Å². The fourth-order valence-electron chi connectivity index (χ4n) is 0.842. The summed E-state index contributed by atoms with van der Waals surface area (Å²) >= 11 is 0. The van der Waals surface area contributed by atoms with E-state index in [0.717, 1.165) is 5.56 Å². The van der Waals surface area contributed by atoms with Crippen LogP contribution in [0.1, 0.15) is 17.7 Å². The number of carbonyl (C=O) groups excluding carboxylic acids is 1. The van der Waals surface area contributed by atoms with Crippen LogP contribution in [0.5, 0.6) is 0 Å². The number of nitrogens with zero attached hydrogens (tertiary/aromatic N) is 1. The van der Waals surface area contributed by atoms with Gasteiger partial charge in [0.2, 0.25) is 0 Å². The molecule has 0 saturated heterocycles. The van der Waals surface area contributed by atoms with Gasteiger partial charge in [-0.25, -0.2) is 4.79 Å². The zero-order valence-corrected chi connectivity index (χ0v) is 6.61. The Morgan fingerprint density at radius 1 is 1.83 bits per heavy atom. The number of carbonyl (C=O) groups is 1. The van der Waals surface area contributed by atoms with E-state index in [1.807, 2.05) is 0 Å². The van der Waals surface area contributed by atoms with E-state index < -0.39 is 5.97 Å². The Balaban J connectivity index is 2.43. The highest BCUT2D eigenvalue weighted by Gasteiger charge is 2.07. The standard InChI is InChI=1S/C7H9NO4/c1-5-6(4-8-11-5)2-3-7(9)12-10/h4,10H,2-3H2,1H3. The van der Waals surface area contributed by atoms with Gasteiger partial charge in [0.1, 0.15) is 5.76 Å². The molecular weight excluding hydrogens is 162 g/mol. The van der Waals surface area contributed by atoms with E-state index in [1.54, 1.807) is 13.1 Å². The van der Waals surface area contributed by atoms with Crippen molar-refractivity contribution in [1.82, 2.24) is 5.16 Å². The first kappa shape index (κ1) is 8.73. The maximum atomic E-state index is 10.5. The fourth-order valence-corrected chi connectivity index (χ4v) is 0.842. The Morgan fingerprint density at radius 2 is 2.58 bits per heavy atom. The Kier molecular flexibility index (Phi) is 2.82. The number of rotatable bonds is 3. The van der Waals surface area contributed by atoms with E-state index in [-0.39, 0.29) is 6.42 Å². The molecule has 0 aliphatic rings. The third-order valence-electron chi connectivity index (χ3n) is 1.55. The molecule has 0 aromatic carbocycles. The molecule has 0 fully saturated rings. The minimum Gasteiger partial charge on any atom is -0.361 e. The van der Waals surface area contributed by atoms with Crippen LogP contribution in [0.2, 0.25) is 0 Å². The molecule has 0 atom stereocenters. The van der Waals surface area contributed by atoms with Crippen molar-refractivity contribution in [2.75, 3.05) is 0 Å². The molecule has 0 aliphatic heterocycles. The maximum absolute atomic E-state index is 10.5. The molecule has 0 amide bonds. The summed E-state index contributed by atoms with van der Waals surface area (Å²) in [5.74, 6) is 0.0244. The lowest BCUT2D eigenvalue weighted by molar-refractivity contribution is -0.234. The smallest absolute Gasteiger partial charge is 0.342 e. The van der Waals surface area contributed by atoms with Gasteiger partial charge in [0.25, 0.3) is 0 Å². The van der Waals surface area contributed by atoms with Crippen molar-refractivity contribution >= 4 is 5.97 Å². The molecule has 1 heterocycles. The van der Waals surface area contributed by atoms with Gasteiger partial charge in [-0.05, 0) is 13.3 Å². The van der Waals surface area contributed by atoms with Crippen molar-refractivity contribution in [2.45, 2.75) is 19.8 Å². The summed E-state index contributed by atoms with van der Waals surface area (Å²) < 4.78 is 4.77. The van der Waals surface area contributed by atoms with Crippen LogP contribution < -0.4 is 0 Å². The molecule has 1 aromatic rings. The third-order valence-corrected chi connectivity index (χ3v) is 1.55. The summed E-state index contributed by atoms with van der Waals surface area (Å²) in [4.78, 5) is 14.0. The summed E-state index contributed by atoms with van der Waals surface area (Å²) in [6.45, 7) is 1.76. The van der Waals surface area contributed by atoms with Gasteiger partial charge in [-0.1, -0.05) is 5.16 Å². The molecular formula is C7H9NO4. The lowest BCUT2D eigenvalue weighted by Crippen LogP contribution is -2.02. The molecule has 5 nitrogen and oxygen atoms in total. The van der Waals surface area contributed by atoms with Crippen molar-refractivity contribution in [3.63, 3.8) is 0 Å². The lowest BCUT2D eigenvalue weighted by atomic mass is 10.1. The molecule has 0 saturated carbocycles. The molecule has 66 valence electrons. The van der Waals surface area contributed by atoms with Gasteiger partial charge >= 0.3 is 5.97 Å². The molecule has 1 rings (SSSR count).